The molecule has 0 aliphatic carbocycles. The van der Waals surface area contributed by atoms with E-state index in [0.717, 1.165) is 12.1 Å². The molecule has 0 aliphatic rings. The predicted octanol–water partition coefficient (Wildman–Crippen LogP) is 4.01. The average molecular weight is 581 g/mol. The molecular formula is C26H16N2O10S2. The van der Waals surface area contributed by atoms with Crippen LogP contribution in [0.25, 0.3) is 44.1 Å². The number of rotatable bonds is 6. The van der Waals surface area contributed by atoms with E-state index >= 15 is 0 Å². The van der Waals surface area contributed by atoms with Gasteiger partial charge < -0.3 is 10.2 Å². The van der Waals surface area contributed by atoms with Gasteiger partial charge in [0.1, 0.15) is 21.2 Å². The van der Waals surface area contributed by atoms with Crippen molar-refractivity contribution in [2.75, 3.05) is 0 Å². The Morgan fingerprint density at radius 1 is 0.575 bits per heavy atom. The molecule has 40 heavy (non-hydrogen) atoms. The zero-order valence-corrected chi connectivity index (χ0v) is 21.5. The molecule has 0 aliphatic heterocycles. The lowest BCUT2D eigenvalue weighted by Crippen LogP contribution is -2.14. The molecule has 0 unspecified atom stereocenters. The van der Waals surface area contributed by atoms with E-state index in [1.54, 1.807) is 12.1 Å². The fourth-order valence-corrected chi connectivity index (χ4v) is 6.76. The quantitative estimate of drug-likeness (QED) is 0.166. The molecule has 5 rings (SSSR count). The standard InChI is InChI=1S/C26H16N2O10S2/c29-25(30)17-11-15(13-7-3-1-4-8-13)19-21(27-17)22-20(24(40(36,37)38)23(19)39(33,34)35)16(12-18(28-22)26(31)32)14-9-5-2-6-10-14/h1-12H,(H,29,30)(H,31,32)(H,33,34,35)(H,36,37,38). The topological polar surface area (TPSA) is 209 Å². The van der Waals surface area contributed by atoms with Crippen LogP contribution in [-0.4, -0.2) is 58.1 Å². The van der Waals surface area contributed by atoms with Crippen LogP contribution in [0.4, 0.5) is 0 Å². The maximum absolute atomic E-state index is 12.9. The van der Waals surface area contributed by atoms with Gasteiger partial charge in [0, 0.05) is 10.8 Å². The lowest BCUT2D eigenvalue weighted by atomic mass is 9.95. The Bertz CT molecular complexity index is 1940. The smallest absolute Gasteiger partial charge is 0.354 e. The maximum Gasteiger partial charge on any atom is 0.354 e. The minimum absolute atomic E-state index is 0.189. The van der Waals surface area contributed by atoms with Gasteiger partial charge in [-0.05, 0) is 34.4 Å². The van der Waals surface area contributed by atoms with Crippen LogP contribution in [-0.2, 0) is 20.2 Å². The average Bonchev–Trinajstić information content (AvgIpc) is 2.90. The summed E-state index contributed by atoms with van der Waals surface area (Å²) >= 11 is 0. The van der Waals surface area contributed by atoms with Gasteiger partial charge >= 0.3 is 11.9 Å². The first kappa shape index (κ1) is 26.8. The van der Waals surface area contributed by atoms with Crippen LogP contribution in [0.1, 0.15) is 21.0 Å². The summed E-state index contributed by atoms with van der Waals surface area (Å²) < 4.78 is 72.4. The van der Waals surface area contributed by atoms with Gasteiger partial charge in [0.2, 0.25) is 0 Å². The van der Waals surface area contributed by atoms with Gasteiger partial charge in [0.15, 0.2) is 0 Å². The van der Waals surface area contributed by atoms with Crippen molar-refractivity contribution in [3.05, 3.63) is 84.2 Å². The fourth-order valence-electron chi connectivity index (χ4n) is 4.52. The summed E-state index contributed by atoms with van der Waals surface area (Å²) in [4.78, 5) is 29.6. The maximum atomic E-state index is 12.9. The number of carbonyl (C=O) groups is 2. The summed E-state index contributed by atoms with van der Waals surface area (Å²) in [6, 6.07) is 17.1. The lowest BCUT2D eigenvalue weighted by Gasteiger charge is -2.19. The molecule has 0 saturated carbocycles. The SMILES string of the molecule is O=C(O)c1cc(-c2ccccc2)c2c(S(=O)(=O)O)c(S(=O)(=O)O)c3c(-c4ccccc4)cc(C(=O)O)nc3c2n1. The minimum atomic E-state index is -5.49. The number of hydrogen-bond acceptors (Lipinski definition) is 8. The van der Waals surface area contributed by atoms with Crippen LogP contribution in [0.5, 0.6) is 0 Å². The Morgan fingerprint density at radius 3 is 1.18 bits per heavy atom. The highest BCUT2D eigenvalue weighted by Gasteiger charge is 2.35. The Hall–Kier alpha value is -4.76. The number of fused-ring (bicyclic) bond motifs is 3. The number of pyridine rings is 2. The molecule has 12 nitrogen and oxygen atoms in total. The van der Waals surface area contributed by atoms with Crippen molar-refractivity contribution in [1.29, 1.82) is 0 Å². The van der Waals surface area contributed by atoms with E-state index in [2.05, 4.69) is 9.97 Å². The molecule has 0 atom stereocenters. The van der Waals surface area contributed by atoms with E-state index in [1.807, 2.05) is 0 Å². The summed E-state index contributed by atoms with van der Waals surface area (Å²) in [5.74, 6) is -3.09. The zero-order chi connectivity index (χ0) is 29.0. The molecular weight excluding hydrogens is 564 g/mol. The molecule has 14 heteroatoms. The van der Waals surface area contributed by atoms with E-state index in [-0.39, 0.29) is 22.3 Å². The number of hydrogen-bond donors (Lipinski definition) is 4. The molecule has 0 spiro atoms. The van der Waals surface area contributed by atoms with Crippen molar-refractivity contribution in [3.63, 3.8) is 0 Å². The second kappa shape index (κ2) is 9.46. The van der Waals surface area contributed by atoms with E-state index < -0.39 is 75.2 Å². The van der Waals surface area contributed by atoms with E-state index in [1.165, 1.54) is 48.5 Å². The first-order valence-electron chi connectivity index (χ1n) is 11.2. The van der Waals surface area contributed by atoms with Crippen LogP contribution in [0.15, 0.2) is 82.6 Å². The molecule has 0 radical (unpaired) electrons. The Labute approximate surface area is 225 Å². The van der Waals surface area contributed by atoms with Crippen LogP contribution < -0.4 is 0 Å². The molecule has 0 bridgehead atoms. The van der Waals surface area contributed by atoms with Gasteiger partial charge in [0.05, 0.1) is 11.0 Å². The van der Waals surface area contributed by atoms with Crippen molar-refractivity contribution >= 4 is 54.0 Å². The fraction of sp³-hybridized carbons (Fsp3) is 0. The number of carboxylic acids is 2. The molecule has 2 aromatic heterocycles. The van der Waals surface area contributed by atoms with E-state index in [4.69, 9.17) is 0 Å². The Balaban J connectivity index is 2.25. The van der Waals surface area contributed by atoms with Gasteiger partial charge in [-0.25, -0.2) is 19.6 Å². The third kappa shape index (κ3) is 4.54. The number of nitrogens with zero attached hydrogens (tertiary/aromatic N) is 2. The van der Waals surface area contributed by atoms with Crippen molar-refractivity contribution < 1.29 is 45.7 Å². The highest BCUT2D eigenvalue weighted by atomic mass is 32.2. The van der Waals surface area contributed by atoms with E-state index in [9.17, 15) is 45.7 Å². The monoisotopic (exact) mass is 580 g/mol. The largest absolute Gasteiger partial charge is 0.477 e. The van der Waals surface area contributed by atoms with Crippen molar-refractivity contribution in [1.82, 2.24) is 9.97 Å². The van der Waals surface area contributed by atoms with Crippen molar-refractivity contribution in [2.24, 2.45) is 0 Å². The normalized spacial score (nSPS) is 12.1. The highest BCUT2D eigenvalue weighted by molar-refractivity contribution is 7.89. The molecule has 4 N–H and O–H groups in total. The second-order valence-electron chi connectivity index (χ2n) is 8.51. The molecule has 2 heterocycles. The number of carboxylic acid groups (broad SMARTS) is 2. The van der Waals surface area contributed by atoms with Crippen molar-refractivity contribution in [3.8, 4) is 22.3 Å². The second-order valence-corrected chi connectivity index (χ2v) is 11.2. The number of aromatic carboxylic acids is 2. The van der Waals surface area contributed by atoms with Gasteiger partial charge in [-0.1, -0.05) is 60.7 Å². The van der Waals surface area contributed by atoms with Crippen LogP contribution >= 0.6 is 0 Å². The summed E-state index contributed by atoms with van der Waals surface area (Å²) in [5, 5.41) is 18.4. The summed E-state index contributed by atoms with van der Waals surface area (Å²) in [7, 11) is -11.0. The van der Waals surface area contributed by atoms with Crippen molar-refractivity contribution in [2.45, 2.75) is 9.79 Å². The van der Waals surface area contributed by atoms with Crippen LogP contribution in [0.3, 0.4) is 0 Å². The molecule has 5 aromatic rings. The third-order valence-corrected chi connectivity index (χ3v) is 8.02. The van der Waals surface area contributed by atoms with Crippen LogP contribution in [0, 0.1) is 0 Å². The lowest BCUT2D eigenvalue weighted by molar-refractivity contribution is 0.0680. The first-order valence-corrected chi connectivity index (χ1v) is 14.0. The van der Waals surface area contributed by atoms with Crippen LogP contribution in [0.2, 0.25) is 0 Å². The van der Waals surface area contributed by atoms with Gasteiger partial charge in [0.25, 0.3) is 20.2 Å². The number of benzene rings is 3. The molecule has 0 saturated heterocycles. The molecule has 0 fully saturated rings. The number of aromatic nitrogens is 2. The first-order chi connectivity index (χ1) is 18.8. The highest BCUT2D eigenvalue weighted by Crippen LogP contribution is 2.45. The Morgan fingerprint density at radius 2 is 0.900 bits per heavy atom. The zero-order valence-electron chi connectivity index (χ0n) is 19.9. The minimum Gasteiger partial charge on any atom is -0.477 e. The summed E-state index contributed by atoms with van der Waals surface area (Å²) in [5.41, 5.74) is -2.28. The molecule has 3 aromatic carbocycles. The predicted molar refractivity (Wildman–Crippen MR) is 141 cm³/mol. The summed E-state index contributed by atoms with van der Waals surface area (Å²) in [6.07, 6.45) is 0. The molecule has 0 amide bonds. The summed E-state index contributed by atoms with van der Waals surface area (Å²) in [6.45, 7) is 0. The van der Waals surface area contributed by atoms with Gasteiger partial charge in [-0.15, -0.1) is 0 Å². The van der Waals surface area contributed by atoms with Gasteiger partial charge in [-0.3, -0.25) is 9.11 Å². The molecule has 202 valence electrons. The van der Waals surface area contributed by atoms with E-state index in [0.29, 0.717) is 0 Å². The Kier molecular flexibility index (Phi) is 6.35. The van der Waals surface area contributed by atoms with Gasteiger partial charge in [-0.2, -0.15) is 16.8 Å². The third-order valence-electron chi connectivity index (χ3n) is 6.05.